The van der Waals surface area contributed by atoms with Crippen LogP contribution in [0.2, 0.25) is 0 Å². The lowest BCUT2D eigenvalue weighted by molar-refractivity contribution is 1.27. The van der Waals surface area contributed by atoms with E-state index < -0.39 is 0 Å². The highest BCUT2D eigenvalue weighted by Crippen LogP contribution is 2.25. The summed E-state index contributed by atoms with van der Waals surface area (Å²) < 4.78 is 1.03. The second-order valence-electron chi connectivity index (χ2n) is 4.39. The van der Waals surface area contributed by atoms with Crippen molar-refractivity contribution in [3.63, 3.8) is 0 Å². The van der Waals surface area contributed by atoms with Crippen LogP contribution in [0.3, 0.4) is 0 Å². The Hall–Kier alpha value is -1.99. The van der Waals surface area contributed by atoms with Crippen LogP contribution in [0.4, 0.5) is 17.1 Å². The van der Waals surface area contributed by atoms with E-state index in [-0.39, 0.29) is 0 Å². The Morgan fingerprint density at radius 1 is 1.21 bits per heavy atom. The monoisotopic (exact) mass is 315 g/mol. The molecule has 3 nitrogen and oxygen atoms in total. The van der Waals surface area contributed by atoms with Crippen molar-refractivity contribution in [1.82, 2.24) is 0 Å². The lowest BCUT2D eigenvalue weighted by Crippen LogP contribution is -1.97. The molecular formula is C15H14BrN3. The maximum Gasteiger partial charge on any atom is 0.0670 e. The first-order chi connectivity index (χ1) is 9.08. The Bertz CT molecular complexity index is 624. The van der Waals surface area contributed by atoms with Gasteiger partial charge in [0.25, 0.3) is 0 Å². The highest BCUT2D eigenvalue weighted by Gasteiger charge is 2.02. The van der Waals surface area contributed by atoms with Crippen LogP contribution in [0.25, 0.3) is 0 Å². The van der Waals surface area contributed by atoms with Crippen LogP contribution in [0.1, 0.15) is 11.1 Å². The van der Waals surface area contributed by atoms with Gasteiger partial charge in [-0.1, -0.05) is 15.9 Å². The van der Waals surface area contributed by atoms with Crippen LogP contribution >= 0.6 is 15.9 Å². The zero-order chi connectivity index (χ0) is 13.8. The van der Waals surface area contributed by atoms with E-state index >= 15 is 0 Å². The van der Waals surface area contributed by atoms with E-state index in [1.54, 1.807) is 0 Å². The molecule has 0 aromatic heterocycles. The minimum absolute atomic E-state index is 0.318. The van der Waals surface area contributed by atoms with E-state index in [4.69, 9.17) is 11.0 Å². The normalized spacial score (nSPS) is 9.95. The van der Waals surface area contributed by atoms with Crippen molar-refractivity contribution in [2.75, 3.05) is 11.1 Å². The largest absolute Gasteiger partial charge is 0.398 e. The number of hydrogen-bond acceptors (Lipinski definition) is 3. The standard InChI is InChI=1S/C15H14BrN3/c1-10-6-12(16)9-14(7-10)19-13-2-3-15(18)11(8-13)4-5-17/h2-3,6-9,19H,4,18H2,1H3. The van der Waals surface area contributed by atoms with Gasteiger partial charge in [0.1, 0.15) is 0 Å². The van der Waals surface area contributed by atoms with Gasteiger partial charge in [-0.15, -0.1) is 0 Å². The SMILES string of the molecule is Cc1cc(Br)cc(Nc2ccc(N)c(CC#N)c2)c1. The van der Waals surface area contributed by atoms with Crippen LogP contribution in [-0.2, 0) is 6.42 Å². The third-order valence-corrected chi connectivity index (χ3v) is 3.20. The van der Waals surface area contributed by atoms with E-state index in [1.807, 2.05) is 31.2 Å². The number of nitriles is 1. The zero-order valence-corrected chi connectivity index (χ0v) is 12.2. The highest BCUT2D eigenvalue weighted by molar-refractivity contribution is 9.10. The minimum Gasteiger partial charge on any atom is -0.398 e. The average molecular weight is 316 g/mol. The van der Waals surface area contributed by atoms with Crippen LogP contribution in [0.15, 0.2) is 40.9 Å². The summed E-state index contributed by atoms with van der Waals surface area (Å²) >= 11 is 3.47. The molecule has 4 heteroatoms. The van der Waals surface area contributed by atoms with Crippen LogP contribution in [-0.4, -0.2) is 0 Å². The molecular weight excluding hydrogens is 302 g/mol. The van der Waals surface area contributed by atoms with Gasteiger partial charge in [-0.2, -0.15) is 5.26 Å². The lowest BCUT2D eigenvalue weighted by atomic mass is 10.1. The summed E-state index contributed by atoms with van der Waals surface area (Å²) in [6.45, 7) is 2.04. The fourth-order valence-electron chi connectivity index (χ4n) is 1.90. The number of halogens is 1. The lowest BCUT2D eigenvalue weighted by Gasteiger charge is -2.10. The molecule has 96 valence electrons. The summed E-state index contributed by atoms with van der Waals surface area (Å²) in [5.41, 5.74) is 10.4. The van der Waals surface area contributed by atoms with E-state index in [0.717, 1.165) is 21.4 Å². The number of nitrogen functional groups attached to an aromatic ring is 1. The third kappa shape index (κ3) is 3.49. The molecule has 0 saturated carbocycles. The molecule has 2 rings (SSSR count). The number of benzene rings is 2. The molecule has 0 saturated heterocycles. The molecule has 0 amide bonds. The van der Waals surface area contributed by atoms with Crippen molar-refractivity contribution in [3.05, 3.63) is 52.0 Å². The van der Waals surface area contributed by atoms with Gasteiger partial charge in [0, 0.05) is 21.5 Å². The Labute approximate surface area is 121 Å². The van der Waals surface area contributed by atoms with Gasteiger partial charge in [0.2, 0.25) is 0 Å². The summed E-state index contributed by atoms with van der Waals surface area (Å²) in [7, 11) is 0. The minimum atomic E-state index is 0.318. The van der Waals surface area contributed by atoms with Crippen LogP contribution in [0.5, 0.6) is 0 Å². The van der Waals surface area contributed by atoms with Gasteiger partial charge in [-0.3, -0.25) is 0 Å². The van der Waals surface area contributed by atoms with Gasteiger partial charge in [0.15, 0.2) is 0 Å². The Morgan fingerprint density at radius 2 is 2.00 bits per heavy atom. The molecule has 2 aromatic carbocycles. The van der Waals surface area contributed by atoms with Crippen molar-refractivity contribution >= 4 is 33.0 Å². The number of rotatable bonds is 3. The van der Waals surface area contributed by atoms with Gasteiger partial charge < -0.3 is 11.1 Å². The molecule has 0 aliphatic rings. The quantitative estimate of drug-likeness (QED) is 0.836. The van der Waals surface area contributed by atoms with Gasteiger partial charge in [-0.25, -0.2) is 0 Å². The summed E-state index contributed by atoms with van der Waals surface area (Å²) in [4.78, 5) is 0. The Balaban J connectivity index is 2.28. The van der Waals surface area contributed by atoms with Crippen LogP contribution in [0, 0.1) is 18.3 Å². The van der Waals surface area contributed by atoms with Crippen molar-refractivity contribution in [2.24, 2.45) is 0 Å². The van der Waals surface area contributed by atoms with E-state index in [0.29, 0.717) is 12.1 Å². The zero-order valence-electron chi connectivity index (χ0n) is 10.6. The predicted molar refractivity (Wildman–Crippen MR) is 82.3 cm³/mol. The number of aryl methyl sites for hydroxylation is 1. The van der Waals surface area contributed by atoms with E-state index in [2.05, 4.69) is 39.4 Å². The fraction of sp³-hybridized carbons (Fsp3) is 0.133. The number of nitrogens with one attached hydrogen (secondary N) is 1. The van der Waals surface area contributed by atoms with E-state index in [1.165, 1.54) is 5.56 Å². The molecule has 2 aromatic rings. The Kier molecular flexibility index (Phi) is 4.08. The van der Waals surface area contributed by atoms with Crippen LogP contribution < -0.4 is 11.1 Å². The molecule has 0 atom stereocenters. The molecule has 0 fully saturated rings. The van der Waals surface area contributed by atoms with Crippen molar-refractivity contribution < 1.29 is 0 Å². The Morgan fingerprint density at radius 3 is 2.68 bits per heavy atom. The summed E-state index contributed by atoms with van der Waals surface area (Å²) in [6.07, 6.45) is 0.318. The number of anilines is 3. The van der Waals surface area contributed by atoms with Crippen molar-refractivity contribution in [2.45, 2.75) is 13.3 Å². The first-order valence-electron chi connectivity index (χ1n) is 5.88. The highest BCUT2D eigenvalue weighted by atomic mass is 79.9. The maximum atomic E-state index is 8.77. The van der Waals surface area contributed by atoms with Gasteiger partial charge in [0.05, 0.1) is 12.5 Å². The molecule has 0 heterocycles. The summed E-state index contributed by atoms with van der Waals surface area (Å²) in [5, 5.41) is 12.1. The third-order valence-electron chi connectivity index (χ3n) is 2.74. The number of hydrogen-bond donors (Lipinski definition) is 2. The maximum absolute atomic E-state index is 8.77. The molecule has 0 bridgehead atoms. The molecule has 0 aliphatic carbocycles. The fourth-order valence-corrected chi connectivity index (χ4v) is 2.50. The predicted octanol–water partition coefficient (Wildman–Crippen LogP) is 4.15. The molecule has 3 N–H and O–H groups in total. The first-order valence-corrected chi connectivity index (χ1v) is 6.67. The van der Waals surface area contributed by atoms with Gasteiger partial charge >= 0.3 is 0 Å². The summed E-state index contributed by atoms with van der Waals surface area (Å²) in [6, 6.07) is 13.9. The second kappa shape index (κ2) is 5.77. The molecule has 0 aliphatic heterocycles. The summed E-state index contributed by atoms with van der Waals surface area (Å²) in [5.74, 6) is 0. The van der Waals surface area contributed by atoms with Crippen molar-refractivity contribution in [1.29, 1.82) is 5.26 Å². The molecule has 0 unspecified atom stereocenters. The van der Waals surface area contributed by atoms with Crippen molar-refractivity contribution in [3.8, 4) is 6.07 Å². The van der Waals surface area contributed by atoms with E-state index in [9.17, 15) is 0 Å². The topological polar surface area (TPSA) is 61.8 Å². The smallest absolute Gasteiger partial charge is 0.0670 e. The number of nitrogens with two attached hydrogens (primary N) is 1. The molecule has 0 spiro atoms. The average Bonchev–Trinajstić information content (AvgIpc) is 2.32. The molecule has 0 radical (unpaired) electrons. The second-order valence-corrected chi connectivity index (χ2v) is 5.31. The van der Waals surface area contributed by atoms with Gasteiger partial charge in [-0.05, 0) is 54.4 Å². The first kappa shape index (κ1) is 13.4. The number of nitrogens with zero attached hydrogens (tertiary/aromatic N) is 1. The molecule has 19 heavy (non-hydrogen) atoms.